The Morgan fingerprint density at radius 3 is 1.96 bits per heavy atom. The number of carbonyl (C=O) groups is 1. The van der Waals surface area contributed by atoms with Gasteiger partial charge in [0.05, 0.1) is 4.90 Å². The van der Waals surface area contributed by atoms with Crippen molar-refractivity contribution >= 4 is 21.6 Å². The lowest BCUT2D eigenvalue weighted by molar-refractivity contribution is -0.128. The molecular formula is C18H26N2O3S. The molecule has 132 valence electrons. The van der Waals surface area contributed by atoms with E-state index in [4.69, 9.17) is 0 Å². The fourth-order valence-electron chi connectivity index (χ4n) is 3.50. The van der Waals surface area contributed by atoms with Crippen LogP contribution in [0.15, 0.2) is 29.2 Å². The minimum atomic E-state index is -3.71. The number of rotatable bonds is 3. The van der Waals surface area contributed by atoms with Crippen molar-refractivity contribution < 1.29 is 13.2 Å². The first-order valence-electron chi connectivity index (χ1n) is 8.99. The zero-order valence-corrected chi connectivity index (χ0v) is 14.9. The predicted octanol–water partition coefficient (Wildman–Crippen LogP) is 3.16. The average molecular weight is 350 g/mol. The van der Waals surface area contributed by atoms with Gasteiger partial charge in [-0.3, -0.25) is 4.79 Å². The Morgan fingerprint density at radius 2 is 1.33 bits per heavy atom. The smallest absolute Gasteiger partial charge is 0.266 e. The molecule has 0 spiro atoms. The van der Waals surface area contributed by atoms with Gasteiger partial charge in [0.2, 0.25) is 5.91 Å². The van der Waals surface area contributed by atoms with Crippen LogP contribution in [0, 0.1) is 0 Å². The van der Waals surface area contributed by atoms with E-state index in [-0.39, 0.29) is 10.8 Å². The number of nitrogens with zero attached hydrogens (tertiary/aromatic N) is 2. The SMILES string of the molecule is O=C1CCCCN1S(=O)(=O)c1ccc(N2CCCCCCC2)cc1. The van der Waals surface area contributed by atoms with Gasteiger partial charge in [0.15, 0.2) is 0 Å². The molecule has 2 fully saturated rings. The third-order valence-corrected chi connectivity index (χ3v) is 6.76. The van der Waals surface area contributed by atoms with E-state index < -0.39 is 10.0 Å². The number of amides is 1. The summed E-state index contributed by atoms with van der Waals surface area (Å²) >= 11 is 0. The minimum absolute atomic E-state index is 0.216. The second-order valence-electron chi connectivity index (χ2n) is 6.68. The van der Waals surface area contributed by atoms with E-state index in [1.54, 1.807) is 12.1 Å². The molecule has 5 nitrogen and oxygen atoms in total. The lowest BCUT2D eigenvalue weighted by Gasteiger charge is -2.28. The Morgan fingerprint density at radius 1 is 0.750 bits per heavy atom. The fourth-order valence-corrected chi connectivity index (χ4v) is 4.96. The first-order chi connectivity index (χ1) is 11.6. The van der Waals surface area contributed by atoms with Crippen LogP contribution in [0.3, 0.4) is 0 Å². The molecule has 0 radical (unpaired) electrons. The number of hydrogen-bond acceptors (Lipinski definition) is 4. The number of benzene rings is 1. The maximum Gasteiger partial charge on any atom is 0.266 e. The monoisotopic (exact) mass is 350 g/mol. The summed E-state index contributed by atoms with van der Waals surface area (Å²) in [6.07, 6.45) is 8.06. The Labute approximate surface area is 144 Å². The Kier molecular flexibility index (Phi) is 5.43. The Hall–Kier alpha value is -1.56. The highest BCUT2D eigenvalue weighted by molar-refractivity contribution is 7.89. The summed E-state index contributed by atoms with van der Waals surface area (Å²) < 4.78 is 26.4. The van der Waals surface area contributed by atoms with E-state index in [2.05, 4.69) is 4.90 Å². The third kappa shape index (κ3) is 3.74. The van der Waals surface area contributed by atoms with Gasteiger partial charge in [0, 0.05) is 31.7 Å². The van der Waals surface area contributed by atoms with Crippen LogP contribution in [0.4, 0.5) is 5.69 Å². The van der Waals surface area contributed by atoms with Gasteiger partial charge in [-0.2, -0.15) is 0 Å². The number of sulfonamides is 1. The molecule has 2 saturated heterocycles. The zero-order chi connectivity index (χ0) is 17.0. The normalized spacial score (nSPS) is 20.6. The van der Waals surface area contributed by atoms with Crippen LogP contribution < -0.4 is 4.90 Å². The second kappa shape index (κ2) is 7.55. The van der Waals surface area contributed by atoms with E-state index in [0.29, 0.717) is 13.0 Å². The highest BCUT2D eigenvalue weighted by Crippen LogP contribution is 2.25. The number of carbonyl (C=O) groups excluding carboxylic acids is 1. The van der Waals surface area contributed by atoms with Gasteiger partial charge in [0.1, 0.15) is 0 Å². The molecule has 1 aromatic carbocycles. The van der Waals surface area contributed by atoms with Crippen molar-refractivity contribution in [2.24, 2.45) is 0 Å². The molecule has 0 aliphatic carbocycles. The lowest BCUT2D eigenvalue weighted by Crippen LogP contribution is -2.40. The van der Waals surface area contributed by atoms with Gasteiger partial charge >= 0.3 is 0 Å². The average Bonchev–Trinajstić information content (AvgIpc) is 2.55. The lowest BCUT2D eigenvalue weighted by atomic mass is 10.1. The van der Waals surface area contributed by atoms with Crippen molar-refractivity contribution in [3.8, 4) is 0 Å². The summed E-state index contributed by atoms with van der Waals surface area (Å²) in [6, 6.07) is 7.04. The largest absolute Gasteiger partial charge is 0.372 e. The van der Waals surface area contributed by atoms with Crippen LogP contribution in [0.2, 0.25) is 0 Å². The maximum atomic E-state index is 12.7. The van der Waals surface area contributed by atoms with E-state index in [1.165, 1.54) is 32.1 Å². The van der Waals surface area contributed by atoms with Gasteiger partial charge < -0.3 is 4.90 Å². The van der Waals surface area contributed by atoms with Crippen molar-refractivity contribution in [3.05, 3.63) is 24.3 Å². The summed E-state index contributed by atoms with van der Waals surface area (Å²) in [5, 5.41) is 0. The van der Waals surface area contributed by atoms with Crippen LogP contribution in [-0.2, 0) is 14.8 Å². The van der Waals surface area contributed by atoms with Crippen molar-refractivity contribution in [1.82, 2.24) is 4.31 Å². The summed E-state index contributed by atoms with van der Waals surface area (Å²) in [4.78, 5) is 14.5. The van der Waals surface area contributed by atoms with E-state index in [0.717, 1.165) is 35.9 Å². The van der Waals surface area contributed by atoms with Gasteiger partial charge in [-0.1, -0.05) is 19.3 Å². The predicted molar refractivity (Wildman–Crippen MR) is 94.5 cm³/mol. The van der Waals surface area contributed by atoms with Gasteiger partial charge in [-0.05, 0) is 49.9 Å². The summed E-state index contributed by atoms with van der Waals surface area (Å²) in [5.74, 6) is -0.283. The Balaban J connectivity index is 1.76. The highest BCUT2D eigenvalue weighted by atomic mass is 32.2. The van der Waals surface area contributed by atoms with Crippen molar-refractivity contribution in [3.63, 3.8) is 0 Å². The molecular weight excluding hydrogens is 324 g/mol. The number of anilines is 1. The van der Waals surface area contributed by atoms with Crippen LogP contribution >= 0.6 is 0 Å². The molecule has 0 unspecified atom stereocenters. The molecule has 2 heterocycles. The fraction of sp³-hybridized carbons (Fsp3) is 0.611. The van der Waals surface area contributed by atoms with Crippen molar-refractivity contribution in [2.75, 3.05) is 24.5 Å². The van der Waals surface area contributed by atoms with Crippen molar-refractivity contribution in [2.45, 2.75) is 56.3 Å². The van der Waals surface area contributed by atoms with Gasteiger partial charge in [-0.25, -0.2) is 12.7 Å². The zero-order valence-electron chi connectivity index (χ0n) is 14.1. The molecule has 3 rings (SSSR count). The van der Waals surface area contributed by atoms with Crippen LogP contribution in [0.1, 0.15) is 51.4 Å². The summed E-state index contributed by atoms with van der Waals surface area (Å²) in [5.41, 5.74) is 1.07. The van der Waals surface area contributed by atoms with E-state index in [9.17, 15) is 13.2 Å². The standard InChI is InChI=1S/C18H26N2O3S/c21-18-8-4-7-15-20(18)24(22,23)17-11-9-16(10-12-17)19-13-5-2-1-3-6-14-19/h9-12H,1-8,13-15H2. The number of piperidine rings is 1. The van der Waals surface area contributed by atoms with Gasteiger partial charge in [-0.15, -0.1) is 0 Å². The molecule has 1 aromatic rings. The van der Waals surface area contributed by atoms with E-state index in [1.807, 2.05) is 12.1 Å². The van der Waals surface area contributed by atoms with Crippen molar-refractivity contribution in [1.29, 1.82) is 0 Å². The summed E-state index contributed by atoms with van der Waals surface area (Å²) in [7, 11) is -3.71. The molecule has 2 aliphatic rings. The molecule has 0 aromatic heterocycles. The first kappa shape index (κ1) is 17.3. The second-order valence-corrected chi connectivity index (χ2v) is 8.54. The highest BCUT2D eigenvalue weighted by Gasteiger charge is 2.31. The Bertz CT molecular complexity index is 662. The minimum Gasteiger partial charge on any atom is -0.372 e. The molecule has 0 N–H and O–H groups in total. The molecule has 2 aliphatic heterocycles. The number of hydrogen-bond donors (Lipinski definition) is 0. The van der Waals surface area contributed by atoms with Crippen LogP contribution in [-0.4, -0.2) is 38.3 Å². The first-order valence-corrected chi connectivity index (χ1v) is 10.4. The maximum absolute atomic E-state index is 12.7. The molecule has 0 atom stereocenters. The molecule has 24 heavy (non-hydrogen) atoms. The van der Waals surface area contributed by atoms with Crippen LogP contribution in [0.5, 0.6) is 0 Å². The van der Waals surface area contributed by atoms with Crippen LogP contribution in [0.25, 0.3) is 0 Å². The third-order valence-electron chi connectivity index (χ3n) is 4.93. The molecule has 1 amide bonds. The topological polar surface area (TPSA) is 57.7 Å². The molecule has 0 bridgehead atoms. The van der Waals surface area contributed by atoms with Gasteiger partial charge in [0.25, 0.3) is 10.0 Å². The molecule has 0 saturated carbocycles. The van der Waals surface area contributed by atoms with E-state index >= 15 is 0 Å². The quantitative estimate of drug-likeness (QED) is 0.840. The molecule has 6 heteroatoms. The summed E-state index contributed by atoms with van der Waals surface area (Å²) in [6.45, 7) is 2.35.